The van der Waals surface area contributed by atoms with Crippen LogP contribution in [0.1, 0.15) is 49.8 Å². The van der Waals surface area contributed by atoms with Crippen molar-refractivity contribution in [2.45, 2.75) is 46.5 Å². The van der Waals surface area contributed by atoms with E-state index in [-0.39, 0.29) is 11.5 Å². The molecular formula is C25H30N2O2. The molecule has 0 bridgehead atoms. The maximum Gasteiger partial charge on any atom is 0.136 e. The molecule has 0 unspecified atom stereocenters. The molecule has 0 saturated heterocycles. The Hall–Kier alpha value is -3.01. The molecular weight excluding hydrogens is 360 g/mol. The quantitative estimate of drug-likeness (QED) is 0.470. The first-order valence-electron chi connectivity index (χ1n) is 10.2. The summed E-state index contributed by atoms with van der Waals surface area (Å²) in [6, 6.07) is 9.70. The van der Waals surface area contributed by atoms with E-state index in [9.17, 15) is 10.2 Å². The van der Waals surface area contributed by atoms with Gasteiger partial charge in [-0.25, -0.2) is 0 Å². The third kappa shape index (κ3) is 4.07. The van der Waals surface area contributed by atoms with Crippen LogP contribution in [0.5, 0.6) is 11.5 Å². The molecule has 2 aromatic carbocycles. The van der Waals surface area contributed by atoms with Crippen LogP contribution in [0.15, 0.2) is 43.1 Å². The number of nitrogens with zero attached hydrogens (tertiary/aromatic N) is 2. The molecule has 3 rings (SSSR count). The van der Waals surface area contributed by atoms with E-state index < -0.39 is 0 Å². The zero-order chi connectivity index (χ0) is 21.1. The number of aromatic hydroxyl groups is 2. The SMILES string of the molecule is C=C(C)c1ccc(C)cc1-c1c(O)cc(CCCCC)c(-c2ccnn2C)c1O. The van der Waals surface area contributed by atoms with E-state index in [1.807, 2.05) is 45.2 Å². The second kappa shape index (κ2) is 8.56. The van der Waals surface area contributed by atoms with Crippen molar-refractivity contribution in [1.29, 1.82) is 0 Å². The maximum absolute atomic E-state index is 11.4. The second-order valence-electron chi connectivity index (χ2n) is 7.78. The van der Waals surface area contributed by atoms with Crippen LogP contribution in [0.2, 0.25) is 0 Å². The Balaban J connectivity index is 2.30. The van der Waals surface area contributed by atoms with E-state index in [0.29, 0.717) is 5.56 Å². The molecule has 152 valence electrons. The standard InChI is InChI=1S/C25H30N2O2/c1-6-7-8-9-18-15-22(28)24(20-14-17(4)10-11-19(20)16(2)3)25(29)23(18)21-12-13-26-27(21)5/h10-15,28-29H,2,6-9H2,1,3-5H3. The smallest absolute Gasteiger partial charge is 0.136 e. The summed E-state index contributed by atoms with van der Waals surface area (Å²) in [7, 11) is 1.86. The minimum Gasteiger partial charge on any atom is -0.507 e. The lowest BCUT2D eigenvalue weighted by Crippen LogP contribution is -2.00. The normalized spacial score (nSPS) is 11.0. The van der Waals surface area contributed by atoms with Gasteiger partial charge in [-0.05, 0) is 55.5 Å². The Bertz CT molecular complexity index is 1050. The monoisotopic (exact) mass is 390 g/mol. The van der Waals surface area contributed by atoms with E-state index in [2.05, 4.69) is 18.6 Å². The lowest BCUT2D eigenvalue weighted by Gasteiger charge is -2.19. The highest BCUT2D eigenvalue weighted by Gasteiger charge is 2.23. The Kier molecular flexibility index (Phi) is 6.12. The molecule has 0 atom stereocenters. The average Bonchev–Trinajstić information content (AvgIpc) is 3.07. The second-order valence-corrected chi connectivity index (χ2v) is 7.78. The summed E-state index contributed by atoms with van der Waals surface area (Å²) in [6.07, 6.45) is 5.73. The first-order chi connectivity index (χ1) is 13.8. The minimum absolute atomic E-state index is 0.0908. The van der Waals surface area contributed by atoms with Crippen molar-refractivity contribution in [2.75, 3.05) is 0 Å². The molecule has 3 aromatic rings. The van der Waals surface area contributed by atoms with Crippen LogP contribution in [0.3, 0.4) is 0 Å². The summed E-state index contributed by atoms with van der Waals surface area (Å²) in [4.78, 5) is 0. The molecule has 0 aliphatic heterocycles. The van der Waals surface area contributed by atoms with Gasteiger partial charge < -0.3 is 10.2 Å². The van der Waals surface area contributed by atoms with E-state index in [4.69, 9.17) is 0 Å². The van der Waals surface area contributed by atoms with Gasteiger partial charge in [-0.15, -0.1) is 0 Å². The summed E-state index contributed by atoms with van der Waals surface area (Å²) in [5.41, 5.74) is 6.59. The van der Waals surface area contributed by atoms with Crippen LogP contribution in [0.25, 0.3) is 28.0 Å². The van der Waals surface area contributed by atoms with Gasteiger partial charge in [0.1, 0.15) is 11.5 Å². The molecule has 0 saturated carbocycles. The highest BCUT2D eigenvalue weighted by atomic mass is 16.3. The number of phenolic OH excluding ortho intramolecular Hbond substituents is 2. The van der Waals surface area contributed by atoms with Crippen LogP contribution in [0.4, 0.5) is 0 Å². The molecule has 0 radical (unpaired) electrons. The topological polar surface area (TPSA) is 58.3 Å². The van der Waals surface area contributed by atoms with Gasteiger partial charge in [0.2, 0.25) is 0 Å². The van der Waals surface area contributed by atoms with Gasteiger partial charge >= 0.3 is 0 Å². The molecule has 0 amide bonds. The number of hydrogen-bond donors (Lipinski definition) is 2. The van der Waals surface area contributed by atoms with Crippen molar-refractivity contribution < 1.29 is 10.2 Å². The number of aromatic nitrogens is 2. The number of aryl methyl sites for hydroxylation is 3. The first-order valence-corrected chi connectivity index (χ1v) is 10.2. The molecule has 1 heterocycles. The highest BCUT2D eigenvalue weighted by molar-refractivity contribution is 5.91. The highest BCUT2D eigenvalue weighted by Crippen LogP contribution is 2.48. The van der Waals surface area contributed by atoms with Gasteiger partial charge in [0, 0.05) is 18.8 Å². The van der Waals surface area contributed by atoms with E-state index in [1.165, 1.54) is 0 Å². The number of unbranched alkanes of at least 4 members (excludes halogenated alkanes) is 2. The molecule has 0 aliphatic carbocycles. The molecule has 0 fully saturated rings. The van der Waals surface area contributed by atoms with Crippen molar-refractivity contribution in [3.05, 3.63) is 59.8 Å². The molecule has 4 heteroatoms. The summed E-state index contributed by atoms with van der Waals surface area (Å²) < 4.78 is 1.76. The molecule has 1 aromatic heterocycles. The van der Waals surface area contributed by atoms with Gasteiger partial charge in [0.15, 0.2) is 0 Å². The Morgan fingerprint density at radius 2 is 1.86 bits per heavy atom. The van der Waals surface area contributed by atoms with E-state index in [1.54, 1.807) is 16.9 Å². The number of benzene rings is 2. The largest absolute Gasteiger partial charge is 0.507 e. The first kappa shape index (κ1) is 20.7. The summed E-state index contributed by atoms with van der Waals surface area (Å²) in [6.45, 7) is 10.2. The lowest BCUT2D eigenvalue weighted by molar-refractivity contribution is 0.453. The Labute approximate surface area is 173 Å². The van der Waals surface area contributed by atoms with Crippen molar-refractivity contribution in [3.63, 3.8) is 0 Å². The number of hydrogen-bond acceptors (Lipinski definition) is 3. The van der Waals surface area contributed by atoms with Crippen LogP contribution >= 0.6 is 0 Å². The third-order valence-corrected chi connectivity index (χ3v) is 5.39. The van der Waals surface area contributed by atoms with Crippen LogP contribution in [-0.2, 0) is 13.5 Å². The Morgan fingerprint density at radius 3 is 2.48 bits per heavy atom. The number of rotatable bonds is 7. The van der Waals surface area contributed by atoms with Gasteiger partial charge in [-0.3, -0.25) is 4.68 Å². The van der Waals surface area contributed by atoms with Crippen molar-refractivity contribution in [2.24, 2.45) is 7.05 Å². The third-order valence-electron chi connectivity index (χ3n) is 5.39. The van der Waals surface area contributed by atoms with Gasteiger partial charge in [-0.2, -0.15) is 5.10 Å². The molecule has 2 N–H and O–H groups in total. The number of allylic oxidation sites excluding steroid dienone is 1. The maximum atomic E-state index is 11.4. The van der Waals surface area contributed by atoms with Crippen molar-refractivity contribution in [3.8, 4) is 33.9 Å². The number of phenols is 2. The fraction of sp³-hybridized carbons (Fsp3) is 0.320. The van der Waals surface area contributed by atoms with Gasteiger partial charge in [0.25, 0.3) is 0 Å². The summed E-state index contributed by atoms with van der Waals surface area (Å²) >= 11 is 0. The van der Waals surface area contributed by atoms with Crippen molar-refractivity contribution >= 4 is 5.57 Å². The van der Waals surface area contributed by atoms with E-state index in [0.717, 1.165) is 64.8 Å². The van der Waals surface area contributed by atoms with Gasteiger partial charge in [0.05, 0.1) is 11.3 Å². The fourth-order valence-corrected chi connectivity index (χ4v) is 3.88. The lowest BCUT2D eigenvalue weighted by atomic mass is 9.88. The van der Waals surface area contributed by atoms with Crippen molar-refractivity contribution in [1.82, 2.24) is 9.78 Å². The summed E-state index contributed by atoms with van der Waals surface area (Å²) in [5.74, 6) is 0.182. The van der Waals surface area contributed by atoms with Gasteiger partial charge in [-0.1, -0.05) is 55.7 Å². The predicted octanol–water partition coefficient (Wildman–Crippen LogP) is 6.24. The van der Waals surface area contributed by atoms with E-state index >= 15 is 0 Å². The zero-order valence-corrected chi connectivity index (χ0v) is 17.8. The van der Waals surface area contributed by atoms with Crippen LogP contribution < -0.4 is 0 Å². The molecule has 0 aliphatic rings. The Morgan fingerprint density at radius 1 is 1.10 bits per heavy atom. The van der Waals surface area contributed by atoms with Crippen LogP contribution in [-0.4, -0.2) is 20.0 Å². The summed E-state index contributed by atoms with van der Waals surface area (Å²) in [5, 5.41) is 26.7. The molecule has 29 heavy (non-hydrogen) atoms. The predicted molar refractivity (Wildman–Crippen MR) is 120 cm³/mol. The molecule has 4 nitrogen and oxygen atoms in total. The average molecular weight is 391 g/mol. The minimum atomic E-state index is 0.0908. The fourth-order valence-electron chi connectivity index (χ4n) is 3.88. The molecule has 0 spiro atoms. The van der Waals surface area contributed by atoms with Crippen LogP contribution in [0, 0.1) is 6.92 Å². The zero-order valence-electron chi connectivity index (χ0n) is 17.8.